The fourth-order valence-corrected chi connectivity index (χ4v) is 4.63. The van der Waals surface area contributed by atoms with Gasteiger partial charge in [0.2, 0.25) is 0 Å². The molecule has 0 saturated heterocycles. The van der Waals surface area contributed by atoms with Gasteiger partial charge in [-0.05, 0) is 39.9 Å². The molecule has 3 heterocycles. The summed E-state index contributed by atoms with van der Waals surface area (Å²) in [5, 5.41) is 15.6. The lowest BCUT2D eigenvalue weighted by atomic mass is 10.1. The summed E-state index contributed by atoms with van der Waals surface area (Å²) < 4.78 is 0. The molecule has 4 heteroatoms. The van der Waals surface area contributed by atoms with Crippen molar-refractivity contribution < 1.29 is 5.11 Å². The lowest BCUT2D eigenvalue weighted by molar-refractivity contribution is 0.283. The number of aliphatic hydroxyl groups excluding tert-OH is 1. The predicted octanol–water partition coefficient (Wildman–Crippen LogP) is 4.70. The van der Waals surface area contributed by atoms with Gasteiger partial charge in [0.1, 0.15) is 0 Å². The smallest absolute Gasteiger partial charge is 0.0696 e. The number of aliphatic hydroxyl groups is 1. The summed E-state index contributed by atoms with van der Waals surface area (Å²) in [5.74, 6) is 0. The van der Waals surface area contributed by atoms with Gasteiger partial charge in [-0.2, -0.15) is 0 Å². The first-order valence-electron chi connectivity index (χ1n) is 5.19. The van der Waals surface area contributed by atoms with Gasteiger partial charge in [0.25, 0.3) is 0 Å². The normalized spacial score (nSPS) is 10.9. The highest BCUT2D eigenvalue weighted by Crippen LogP contribution is 2.42. The third-order valence-electron chi connectivity index (χ3n) is 2.58. The second-order valence-electron chi connectivity index (χ2n) is 3.57. The topological polar surface area (TPSA) is 20.2 Å². The zero-order chi connectivity index (χ0) is 11.7. The molecule has 0 bridgehead atoms. The number of rotatable bonds is 3. The highest BCUT2D eigenvalue weighted by molar-refractivity contribution is 7.21. The van der Waals surface area contributed by atoms with E-state index in [-0.39, 0.29) is 6.61 Å². The quantitative estimate of drug-likeness (QED) is 0.736. The highest BCUT2D eigenvalue weighted by Gasteiger charge is 2.14. The summed E-state index contributed by atoms with van der Waals surface area (Å²) in [4.78, 5) is 3.76. The van der Waals surface area contributed by atoms with Crippen LogP contribution in [0.3, 0.4) is 0 Å². The molecular weight excluding hydrogens is 268 g/mol. The monoisotopic (exact) mass is 278 g/mol. The van der Waals surface area contributed by atoms with Gasteiger partial charge in [-0.3, -0.25) is 0 Å². The summed E-state index contributed by atoms with van der Waals surface area (Å²) in [5.41, 5.74) is 2.30. The van der Waals surface area contributed by atoms with E-state index < -0.39 is 0 Å². The van der Waals surface area contributed by atoms with E-state index in [4.69, 9.17) is 0 Å². The van der Waals surface area contributed by atoms with Gasteiger partial charge in [0.15, 0.2) is 0 Å². The van der Waals surface area contributed by atoms with Crippen LogP contribution in [0.5, 0.6) is 0 Å². The number of hydrogen-bond acceptors (Lipinski definition) is 4. The summed E-state index contributed by atoms with van der Waals surface area (Å²) in [6.45, 7) is 0.112. The minimum Gasteiger partial charge on any atom is -0.392 e. The Kier molecular flexibility index (Phi) is 3.11. The van der Waals surface area contributed by atoms with Crippen molar-refractivity contribution in [2.24, 2.45) is 0 Å². The third kappa shape index (κ3) is 1.98. The average molecular weight is 278 g/mol. The van der Waals surface area contributed by atoms with E-state index in [0.29, 0.717) is 0 Å². The van der Waals surface area contributed by atoms with Crippen molar-refractivity contribution in [3.63, 3.8) is 0 Å². The third-order valence-corrected chi connectivity index (χ3v) is 5.51. The molecule has 0 amide bonds. The SMILES string of the molecule is OCc1ccsc1-c1sccc1-c1cccs1. The van der Waals surface area contributed by atoms with Crippen LogP contribution in [0.2, 0.25) is 0 Å². The first kappa shape index (κ1) is 11.2. The first-order chi connectivity index (χ1) is 8.40. The van der Waals surface area contributed by atoms with Gasteiger partial charge in [-0.1, -0.05) is 6.07 Å². The van der Waals surface area contributed by atoms with Crippen molar-refractivity contribution in [1.82, 2.24) is 0 Å². The Morgan fingerprint density at radius 2 is 1.71 bits per heavy atom. The van der Waals surface area contributed by atoms with E-state index in [1.54, 1.807) is 34.0 Å². The first-order valence-corrected chi connectivity index (χ1v) is 7.83. The van der Waals surface area contributed by atoms with Gasteiger partial charge in [-0.25, -0.2) is 0 Å². The van der Waals surface area contributed by atoms with E-state index in [1.165, 1.54) is 20.2 Å². The van der Waals surface area contributed by atoms with Crippen LogP contribution in [-0.4, -0.2) is 5.11 Å². The van der Waals surface area contributed by atoms with Gasteiger partial charge < -0.3 is 5.11 Å². The Balaban J connectivity index is 2.14. The fraction of sp³-hybridized carbons (Fsp3) is 0.0769. The standard InChI is InChI=1S/C13H10OS3/c14-8-9-3-6-16-12(9)13-10(4-7-17-13)11-2-1-5-15-11/h1-7,14H,8H2. The van der Waals surface area contributed by atoms with E-state index in [2.05, 4.69) is 29.0 Å². The molecule has 17 heavy (non-hydrogen) atoms. The molecule has 86 valence electrons. The second-order valence-corrected chi connectivity index (χ2v) is 6.35. The van der Waals surface area contributed by atoms with Crippen molar-refractivity contribution in [2.75, 3.05) is 0 Å². The maximum atomic E-state index is 9.34. The molecule has 0 unspecified atom stereocenters. The number of thiophene rings is 3. The van der Waals surface area contributed by atoms with Gasteiger partial charge in [0, 0.05) is 10.4 Å². The van der Waals surface area contributed by atoms with E-state index in [9.17, 15) is 5.11 Å². The molecule has 0 radical (unpaired) electrons. The van der Waals surface area contributed by atoms with Crippen LogP contribution in [0.4, 0.5) is 0 Å². The van der Waals surface area contributed by atoms with Crippen LogP contribution in [0.25, 0.3) is 20.2 Å². The maximum absolute atomic E-state index is 9.34. The Hall–Kier alpha value is -0.940. The van der Waals surface area contributed by atoms with E-state index in [0.717, 1.165) is 5.56 Å². The van der Waals surface area contributed by atoms with Gasteiger partial charge in [-0.15, -0.1) is 34.0 Å². The highest BCUT2D eigenvalue weighted by atomic mass is 32.1. The molecule has 3 aromatic heterocycles. The molecule has 0 aliphatic heterocycles. The van der Waals surface area contributed by atoms with E-state index >= 15 is 0 Å². The Bertz CT molecular complexity index is 604. The summed E-state index contributed by atoms with van der Waals surface area (Å²) >= 11 is 5.19. The predicted molar refractivity (Wildman–Crippen MR) is 76.9 cm³/mol. The molecular formula is C13H10OS3. The molecule has 0 aromatic carbocycles. The van der Waals surface area contributed by atoms with Crippen LogP contribution in [-0.2, 0) is 6.61 Å². The van der Waals surface area contributed by atoms with Crippen LogP contribution in [0.1, 0.15) is 5.56 Å². The Labute approximate surface area is 112 Å². The van der Waals surface area contributed by atoms with Crippen molar-refractivity contribution in [3.8, 4) is 20.2 Å². The van der Waals surface area contributed by atoms with Crippen LogP contribution >= 0.6 is 34.0 Å². The van der Waals surface area contributed by atoms with Crippen LogP contribution in [0.15, 0.2) is 40.4 Å². The lowest BCUT2D eigenvalue weighted by Gasteiger charge is -2.01. The molecule has 0 atom stereocenters. The Morgan fingerprint density at radius 3 is 2.47 bits per heavy atom. The van der Waals surface area contributed by atoms with Crippen molar-refractivity contribution >= 4 is 34.0 Å². The molecule has 3 aromatic rings. The van der Waals surface area contributed by atoms with E-state index in [1.807, 2.05) is 11.4 Å². The second kappa shape index (κ2) is 4.74. The molecule has 0 aliphatic rings. The maximum Gasteiger partial charge on any atom is 0.0696 e. The van der Waals surface area contributed by atoms with Crippen molar-refractivity contribution in [3.05, 3.63) is 46.0 Å². The molecule has 1 nitrogen and oxygen atoms in total. The van der Waals surface area contributed by atoms with Gasteiger partial charge in [0.05, 0.1) is 16.4 Å². The minimum atomic E-state index is 0.112. The van der Waals surface area contributed by atoms with Crippen LogP contribution in [0, 0.1) is 0 Å². The largest absolute Gasteiger partial charge is 0.392 e. The molecule has 0 fully saturated rings. The summed E-state index contributed by atoms with van der Waals surface area (Å²) in [6.07, 6.45) is 0. The summed E-state index contributed by atoms with van der Waals surface area (Å²) in [6, 6.07) is 8.37. The molecule has 0 spiro atoms. The van der Waals surface area contributed by atoms with Crippen LogP contribution < -0.4 is 0 Å². The average Bonchev–Trinajstić information content (AvgIpc) is 3.09. The molecule has 0 aliphatic carbocycles. The molecule has 0 saturated carbocycles. The number of hydrogen-bond donors (Lipinski definition) is 1. The zero-order valence-corrected chi connectivity index (χ0v) is 11.4. The fourth-order valence-electron chi connectivity index (χ4n) is 1.77. The minimum absolute atomic E-state index is 0.112. The van der Waals surface area contributed by atoms with Crippen molar-refractivity contribution in [1.29, 1.82) is 0 Å². The molecule has 1 N–H and O–H groups in total. The zero-order valence-electron chi connectivity index (χ0n) is 8.92. The lowest BCUT2D eigenvalue weighted by Crippen LogP contribution is -1.81. The summed E-state index contributed by atoms with van der Waals surface area (Å²) in [7, 11) is 0. The molecule has 3 rings (SSSR count). The van der Waals surface area contributed by atoms with Gasteiger partial charge >= 0.3 is 0 Å². The Morgan fingerprint density at radius 1 is 0.882 bits per heavy atom. The van der Waals surface area contributed by atoms with Crippen molar-refractivity contribution in [2.45, 2.75) is 6.61 Å².